The third-order valence-electron chi connectivity index (χ3n) is 4.80. The van der Waals surface area contributed by atoms with Crippen LogP contribution in [0.3, 0.4) is 0 Å². The van der Waals surface area contributed by atoms with Crippen LogP contribution in [0.15, 0.2) is 18.2 Å². The minimum absolute atomic E-state index is 0.0344. The van der Waals surface area contributed by atoms with Gasteiger partial charge < -0.3 is 24.0 Å². The van der Waals surface area contributed by atoms with Crippen LogP contribution in [0.5, 0.6) is 11.5 Å². The molecule has 2 atom stereocenters. The van der Waals surface area contributed by atoms with Crippen molar-refractivity contribution in [3.8, 4) is 11.5 Å². The van der Waals surface area contributed by atoms with E-state index in [1.807, 2.05) is 17.9 Å². The Balaban J connectivity index is 1.75. The highest BCUT2D eigenvalue weighted by Gasteiger charge is 2.39. The molecule has 2 amide bonds. The maximum atomic E-state index is 12.8. The van der Waals surface area contributed by atoms with Crippen LogP contribution in [0, 0.1) is 5.92 Å². The highest BCUT2D eigenvalue weighted by Crippen LogP contribution is 2.34. The van der Waals surface area contributed by atoms with Crippen LogP contribution < -0.4 is 14.4 Å². The number of benzene rings is 1. The molecule has 0 spiro atoms. The van der Waals surface area contributed by atoms with Gasteiger partial charge in [0.15, 0.2) is 11.5 Å². The molecule has 7 nitrogen and oxygen atoms in total. The number of anilines is 1. The van der Waals surface area contributed by atoms with E-state index in [1.54, 1.807) is 31.3 Å². The fourth-order valence-electron chi connectivity index (χ4n) is 3.40. The van der Waals surface area contributed by atoms with Gasteiger partial charge in [0.2, 0.25) is 11.8 Å². The second-order valence-electron chi connectivity index (χ2n) is 6.40. The molecule has 1 aromatic carbocycles. The van der Waals surface area contributed by atoms with E-state index in [0.717, 1.165) is 0 Å². The summed E-state index contributed by atoms with van der Waals surface area (Å²) >= 11 is 0. The monoisotopic (exact) mass is 348 g/mol. The molecule has 0 saturated carbocycles. The lowest BCUT2D eigenvalue weighted by molar-refractivity contribution is -0.143. The number of methoxy groups -OCH3 is 2. The van der Waals surface area contributed by atoms with Crippen molar-refractivity contribution < 1.29 is 23.8 Å². The van der Waals surface area contributed by atoms with Crippen molar-refractivity contribution in [3.05, 3.63) is 18.2 Å². The number of amides is 2. The summed E-state index contributed by atoms with van der Waals surface area (Å²) in [6, 6.07) is 5.39. The van der Waals surface area contributed by atoms with Gasteiger partial charge in [0.25, 0.3) is 0 Å². The lowest BCUT2D eigenvalue weighted by Crippen LogP contribution is -2.49. The second kappa shape index (κ2) is 7.31. The fourth-order valence-corrected chi connectivity index (χ4v) is 3.40. The first-order chi connectivity index (χ1) is 12.0. The summed E-state index contributed by atoms with van der Waals surface area (Å²) < 4.78 is 15.9. The maximum Gasteiger partial charge on any atom is 0.228 e. The highest BCUT2D eigenvalue weighted by atomic mass is 16.5. The van der Waals surface area contributed by atoms with Gasteiger partial charge in [-0.25, -0.2) is 0 Å². The number of hydrogen-bond donors (Lipinski definition) is 0. The molecule has 0 aliphatic carbocycles. The zero-order chi connectivity index (χ0) is 18.0. The normalized spacial score (nSPS) is 23.7. The van der Waals surface area contributed by atoms with E-state index >= 15 is 0 Å². The molecular weight excluding hydrogens is 324 g/mol. The summed E-state index contributed by atoms with van der Waals surface area (Å²) in [5.74, 6) is 0.830. The summed E-state index contributed by atoms with van der Waals surface area (Å²) in [5, 5.41) is 0. The Kier molecular flexibility index (Phi) is 5.13. The van der Waals surface area contributed by atoms with Crippen molar-refractivity contribution in [2.75, 3.05) is 45.4 Å². The highest BCUT2D eigenvalue weighted by molar-refractivity contribution is 6.00. The Labute approximate surface area is 147 Å². The van der Waals surface area contributed by atoms with Crippen LogP contribution in [-0.2, 0) is 14.3 Å². The number of hydrogen-bond acceptors (Lipinski definition) is 5. The van der Waals surface area contributed by atoms with Crippen LogP contribution in [0.4, 0.5) is 5.69 Å². The van der Waals surface area contributed by atoms with Crippen LogP contribution in [0.25, 0.3) is 0 Å². The predicted octanol–water partition coefficient (Wildman–Crippen LogP) is 1.30. The SMILES string of the molecule is COc1ccc(N2CC(C(=O)N3CCOCC3C)CC2=O)cc1OC. The average molecular weight is 348 g/mol. The quantitative estimate of drug-likeness (QED) is 0.820. The number of carbonyl (C=O) groups is 2. The summed E-state index contributed by atoms with van der Waals surface area (Å²) in [6.07, 6.45) is 0.233. The van der Waals surface area contributed by atoms with Crippen molar-refractivity contribution >= 4 is 17.5 Å². The molecule has 2 aliphatic heterocycles. The average Bonchev–Trinajstić information content (AvgIpc) is 3.02. The van der Waals surface area contributed by atoms with E-state index in [4.69, 9.17) is 14.2 Å². The third kappa shape index (κ3) is 3.42. The van der Waals surface area contributed by atoms with Gasteiger partial charge in [0, 0.05) is 31.3 Å². The Hall–Kier alpha value is -2.28. The standard InChI is InChI=1S/C18H24N2O5/c1-12-11-25-7-6-19(12)18(22)13-8-17(21)20(10-13)14-4-5-15(23-2)16(9-14)24-3/h4-5,9,12-13H,6-8,10-11H2,1-3H3. The zero-order valence-electron chi connectivity index (χ0n) is 14.9. The lowest BCUT2D eigenvalue weighted by Gasteiger charge is -2.34. The van der Waals surface area contributed by atoms with Crippen molar-refractivity contribution in [1.82, 2.24) is 4.90 Å². The molecule has 2 fully saturated rings. The topological polar surface area (TPSA) is 68.3 Å². The first-order valence-corrected chi connectivity index (χ1v) is 8.45. The molecule has 0 aromatic heterocycles. The van der Waals surface area contributed by atoms with Crippen molar-refractivity contribution in [3.63, 3.8) is 0 Å². The van der Waals surface area contributed by atoms with Crippen molar-refractivity contribution in [2.45, 2.75) is 19.4 Å². The first kappa shape index (κ1) is 17.5. The minimum atomic E-state index is -0.318. The Morgan fingerprint density at radius 3 is 2.68 bits per heavy atom. The molecule has 7 heteroatoms. The minimum Gasteiger partial charge on any atom is -0.493 e. The van der Waals surface area contributed by atoms with Crippen LogP contribution in [-0.4, -0.2) is 63.3 Å². The lowest BCUT2D eigenvalue weighted by atomic mass is 10.1. The van der Waals surface area contributed by atoms with Crippen LogP contribution in [0.1, 0.15) is 13.3 Å². The van der Waals surface area contributed by atoms with Crippen molar-refractivity contribution in [2.24, 2.45) is 5.92 Å². The van der Waals surface area contributed by atoms with Gasteiger partial charge in [-0.05, 0) is 19.1 Å². The van der Waals surface area contributed by atoms with E-state index in [2.05, 4.69) is 0 Å². The van der Waals surface area contributed by atoms with Gasteiger partial charge in [-0.1, -0.05) is 0 Å². The van der Waals surface area contributed by atoms with E-state index < -0.39 is 0 Å². The molecule has 2 heterocycles. The summed E-state index contributed by atoms with van der Waals surface area (Å²) in [6.45, 7) is 4.04. The molecule has 0 radical (unpaired) electrons. The molecular formula is C18H24N2O5. The van der Waals surface area contributed by atoms with Gasteiger partial charge in [-0.2, -0.15) is 0 Å². The second-order valence-corrected chi connectivity index (χ2v) is 6.40. The molecule has 0 N–H and O–H groups in total. The number of morpholine rings is 1. The molecule has 2 unspecified atom stereocenters. The molecule has 2 saturated heterocycles. The van der Waals surface area contributed by atoms with Crippen molar-refractivity contribution in [1.29, 1.82) is 0 Å². The van der Waals surface area contributed by atoms with E-state index in [-0.39, 0.29) is 30.2 Å². The number of nitrogens with zero attached hydrogens (tertiary/aromatic N) is 2. The summed E-state index contributed by atoms with van der Waals surface area (Å²) in [5.41, 5.74) is 0.716. The molecule has 25 heavy (non-hydrogen) atoms. The molecule has 1 aromatic rings. The zero-order valence-corrected chi connectivity index (χ0v) is 14.9. The molecule has 0 bridgehead atoms. The molecule has 136 valence electrons. The van der Waals surface area contributed by atoms with Crippen LogP contribution >= 0.6 is 0 Å². The summed E-state index contributed by atoms with van der Waals surface area (Å²) in [4.78, 5) is 28.8. The smallest absolute Gasteiger partial charge is 0.228 e. The van der Waals surface area contributed by atoms with E-state index in [9.17, 15) is 9.59 Å². The van der Waals surface area contributed by atoms with Gasteiger partial charge in [0.1, 0.15) is 0 Å². The number of carbonyl (C=O) groups excluding carboxylic acids is 2. The number of rotatable bonds is 4. The van der Waals surface area contributed by atoms with Gasteiger partial charge in [0.05, 0.1) is 39.4 Å². The van der Waals surface area contributed by atoms with Crippen LogP contribution in [0.2, 0.25) is 0 Å². The summed E-state index contributed by atoms with van der Waals surface area (Å²) in [7, 11) is 3.12. The third-order valence-corrected chi connectivity index (χ3v) is 4.80. The Morgan fingerprint density at radius 1 is 1.24 bits per heavy atom. The first-order valence-electron chi connectivity index (χ1n) is 8.45. The van der Waals surface area contributed by atoms with E-state index in [0.29, 0.717) is 43.5 Å². The molecule has 3 rings (SSSR count). The fraction of sp³-hybridized carbons (Fsp3) is 0.556. The van der Waals surface area contributed by atoms with Gasteiger partial charge in [-0.15, -0.1) is 0 Å². The number of ether oxygens (including phenoxy) is 3. The van der Waals surface area contributed by atoms with Gasteiger partial charge in [-0.3, -0.25) is 9.59 Å². The van der Waals surface area contributed by atoms with E-state index in [1.165, 1.54) is 0 Å². The molecule has 2 aliphatic rings. The predicted molar refractivity (Wildman–Crippen MR) is 92.0 cm³/mol. The Bertz CT molecular complexity index is 663. The Morgan fingerprint density at radius 2 is 2.00 bits per heavy atom. The largest absolute Gasteiger partial charge is 0.493 e. The van der Waals surface area contributed by atoms with Gasteiger partial charge >= 0.3 is 0 Å². The maximum absolute atomic E-state index is 12.8.